The third kappa shape index (κ3) is 15.3. The number of oxazole rings is 1. The summed E-state index contributed by atoms with van der Waals surface area (Å²) in [6.07, 6.45) is 28.0. The molecule has 2 bridgehead atoms. The lowest BCUT2D eigenvalue weighted by atomic mass is 9.84. The molecule has 1 aromatic rings. The Morgan fingerprint density at radius 1 is 0.935 bits per heavy atom. The average Bonchev–Trinajstić information content (AvgIpc) is 4.11. The second kappa shape index (κ2) is 24.5. The van der Waals surface area contributed by atoms with E-state index in [1.54, 1.807) is 13.4 Å². The van der Waals surface area contributed by atoms with E-state index in [9.17, 15) is 14.4 Å². The first-order chi connectivity index (χ1) is 29.8. The molecule has 346 valence electrons. The van der Waals surface area contributed by atoms with Gasteiger partial charge in [0.15, 0.2) is 12.0 Å². The van der Waals surface area contributed by atoms with Crippen molar-refractivity contribution in [2.45, 2.75) is 212 Å². The van der Waals surface area contributed by atoms with E-state index in [1.807, 2.05) is 71.9 Å². The van der Waals surface area contributed by atoms with Crippen LogP contribution in [0.2, 0.25) is 0 Å². The molecule has 0 amide bonds. The van der Waals surface area contributed by atoms with E-state index in [0.717, 1.165) is 36.1 Å². The van der Waals surface area contributed by atoms with Gasteiger partial charge in [-0.05, 0) is 63.2 Å². The van der Waals surface area contributed by atoms with Crippen LogP contribution < -0.4 is 0 Å². The van der Waals surface area contributed by atoms with Crippen molar-refractivity contribution in [1.82, 2.24) is 4.98 Å². The first kappa shape index (κ1) is 49.5. The number of methoxy groups -OCH3 is 1. The Hall–Kier alpha value is -3.54. The molecule has 4 aliphatic rings. The molecule has 0 aliphatic carbocycles. The molecule has 0 N–H and O–H groups in total. The second-order valence-corrected chi connectivity index (χ2v) is 18.8. The Bertz CT molecular complexity index is 1710. The first-order valence-electron chi connectivity index (χ1n) is 23.9. The van der Waals surface area contributed by atoms with Crippen molar-refractivity contribution in [2.75, 3.05) is 7.11 Å². The zero-order chi connectivity index (χ0) is 44.6. The maximum Gasteiger partial charge on any atom is 0.338 e. The highest BCUT2D eigenvalue weighted by atomic mass is 16.7. The smallest absolute Gasteiger partial charge is 0.338 e. The number of esters is 3. The number of unbranched alkanes of at least 4 members (excludes halogenated alkanes) is 12. The molecule has 5 rings (SSSR count). The van der Waals surface area contributed by atoms with Gasteiger partial charge in [0.05, 0.1) is 12.2 Å². The minimum Gasteiger partial charge on any atom is -0.462 e. The van der Waals surface area contributed by atoms with Crippen LogP contribution in [0.4, 0.5) is 0 Å². The van der Waals surface area contributed by atoms with Gasteiger partial charge in [0.25, 0.3) is 0 Å². The predicted molar refractivity (Wildman–Crippen MR) is 240 cm³/mol. The normalized spacial score (nSPS) is 30.8. The number of aromatic nitrogens is 1. The van der Waals surface area contributed by atoms with E-state index in [0.29, 0.717) is 31.6 Å². The van der Waals surface area contributed by atoms with Crippen LogP contribution in [-0.2, 0) is 42.8 Å². The molecule has 0 saturated carbocycles. The van der Waals surface area contributed by atoms with Crippen molar-refractivity contribution in [3.8, 4) is 0 Å². The molecule has 11 atom stereocenters. The van der Waals surface area contributed by atoms with Crippen LogP contribution in [0, 0.1) is 24.7 Å². The van der Waals surface area contributed by atoms with Crippen LogP contribution in [0.5, 0.6) is 0 Å². The Kier molecular flexibility index (Phi) is 19.6. The summed E-state index contributed by atoms with van der Waals surface area (Å²) >= 11 is 0. The number of epoxide rings is 2. The molecular weight excluding hydrogens is 787 g/mol. The third-order valence-corrected chi connectivity index (χ3v) is 13.4. The van der Waals surface area contributed by atoms with E-state index in [2.05, 4.69) is 18.0 Å². The van der Waals surface area contributed by atoms with Gasteiger partial charge in [0.1, 0.15) is 42.0 Å². The molecule has 1 aromatic heterocycles. The fraction of sp³-hybridized carbons (Fsp3) is 0.725. The number of aryl methyl sites for hydroxylation is 1. The molecule has 0 aromatic carbocycles. The summed E-state index contributed by atoms with van der Waals surface area (Å²) in [4.78, 5) is 44.6. The van der Waals surface area contributed by atoms with Gasteiger partial charge in [-0.15, -0.1) is 0 Å². The Labute approximate surface area is 371 Å². The number of carbonyl (C=O) groups is 3. The SMILES string of the molecule is CCCCCCCCCCCCCCCC(=O)OC1CC(C(C)C(OC)/C(C)=C/C=C/C(C)=C/c2coc(C)n2)OC(=O)C2OC2CC2CC(=O)OC(C2)C(C)/C=C/C2OC21C. The van der Waals surface area contributed by atoms with E-state index in [-0.39, 0.29) is 54.4 Å². The molecule has 0 radical (unpaired) electrons. The second-order valence-electron chi connectivity index (χ2n) is 18.8. The zero-order valence-corrected chi connectivity index (χ0v) is 39.1. The Morgan fingerprint density at radius 3 is 2.24 bits per heavy atom. The molecule has 5 heterocycles. The summed E-state index contributed by atoms with van der Waals surface area (Å²) in [5.41, 5.74) is 1.83. The van der Waals surface area contributed by atoms with Gasteiger partial charge in [-0.2, -0.15) is 0 Å². The minimum absolute atomic E-state index is 0.0425. The number of nitrogens with zero attached hydrogens (tertiary/aromatic N) is 1. The van der Waals surface area contributed by atoms with Crippen LogP contribution in [0.15, 0.2) is 52.2 Å². The van der Waals surface area contributed by atoms with Crippen molar-refractivity contribution < 1.29 is 47.2 Å². The number of ether oxygens (including phenoxy) is 6. The number of cyclic esters (lactones) is 1. The largest absolute Gasteiger partial charge is 0.462 e. The molecule has 0 spiro atoms. The topological polar surface area (TPSA) is 139 Å². The third-order valence-electron chi connectivity index (χ3n) is 13.4. The van der Waals surface area contributed by atoms with Gasteiger partial charge < -0.3 is 32.8 Å². The molecular formula is C51H77NO10. The summed E-state index contributed by atoms with van der Waals surface area (Å²) in [5, 5.41) is 0. The minimum atomic E-state index is -0.851. The number of rotatable bonds is 22. The molecule has 3 saturated heterocycles. The number of hydrogen-bond acceptors (Lipinski definition) is 11. The van der Waals surface area contributed by atoms with Crippen LogP contribution in [0.3, 0.4) is 0 Å². The number of fused-ring (bicyclic) bond motifs is 4. The highest BCUT2D eigenvalue weighted by Gasteiger charge is 2.59. The fourth-order valence-corrected chi connectivity index (χ4v) is 9.29. The van der Waals surface area contributed by atoms with Crippen molar-refractivity contribution >= 4 is 24.0 Å². The van der Waals surface area contributed by atoms with Gasteiger partial charge >= 0.3 is 17.9 Å². The summed E-state index contributed by atoms with van der Waals surface area (Å²) in [5.74, 6) is -0.712. The van der Waals surface area contributed by atoms with Crippen molar-refractivity contribution in [3.63, 3.8) is 0 Å². The molecule has 62 heavy (non-hydrogen) atoms. The lowest BCUT2D eigenvalue weighted by Crippen LogP contribution is -2.43. The highest BCUT2D eigenvalue weighted by Crippen LogP contribution is 2.46. The molecule has 11 unspecified atom stereocenters. The van der Waals surface area contributed by atoms with Gasteiger partial charge in [-0.25, -0.2) is 9.78 Å². The van der Waals surface area contributed by atoms with Gasteiger partial charge in [-0.1, -0.05) is 128 Å². The highest BCUT2D eigenvalue weighted by molar-refractivity contribution is 5.78. The monoisotopic (exact) mass is 864 g/mol. The lowest BCUT2D eigenvalue weighted by Gasteiger charge is -2.34. The number of carbonyl (C=O) groups excluding carboxylic acids is 3. The van der Waals surface area contributed by atoms with Crippen molar-refractivity contribution in [1.29, 1.82) is 0 Å². The van der Waals surface area contributed by atoms with Gasteiger partial charge in [0, 0.05) is 45.1 Å². The fourth-order valence-electron chi connectivity index (χ4n) is 9.29. The maximum atomic E-state index is 13.9. The van der Waals surface area contributed by atoms with Crippen LogP contribution in [0.1, 0.15) is 169 Å². The summed E-state index contributed by atoms with van der Waals surface area (Å²) in [7, 11) is 1.65. The number of allylic oxidation sites excluding steroid dienone is 4. The molecule has 4 aliphatic heterocycles. The number of hydrogen-bond donors (Lipinski definition) is 0. The van der Waals surface area contributed by atoms with Crippen LogP contribution in [-0.4, -0.2) is 78.3 Å². The van der Waals surface area contributed by atoms with E-state index >= 15 is 0 Å². The molecule has 3 fully saturated rings. The van der Waals surface area contributed by atoms with Crippen molar-refractivity contribution in [2.24, 2.45) is 17.8 Å². The Balaban J connectivity index is 1.27. The van der Waals surface area contributed by atoms with E-state index in [1.165, 1.54) is 64.2 Å². The van der Waals surface area contributed by atoms with Gasteiger partial charge in [0.2, 0.25) is 0 Å². The summed E-state index contributed by atoms with van der Waals surface area (Å²) < 4.78 is 42.3. The summed E-state index contributed by atoms with van der Waals surface area (Å²) in [6, 6.07) is 0. The standard InChI is InChI=1S/C51H77NO10/c1-9-10-11-12-13-14-15-16-17-18-19-20-21-25-46(53)61-45-32-42(37(5)48(56-8)36(4)24-22-23-34(2)28-40-33-57-38(6)52-40)60-50(55)49-43(59-49)30-39-29-41(58-47(54)31-39)35(3)26-27-44-51(45,7)62-44/h22-24,26-28,33,35,37,39,41-45,48-49H,9-21,25,29-32H2,1-8H3/b23-22+,27-26+,34-28+,36-24+. The average molecular weight is 864 g/mol. The maximum absolute atomic E-state index is 13.9. The van der Waals surface area contributed by atoms with Gasteiger partial charge in [-0.3, -0.25) is 9.59 Å². The van der Waals surface area contributed by atoms with E-state index in [4.69, 9.17) is 32.8 Å². The predicted octanol–water partition coefficient (Wildman–Crippen LogP) is 11.1. The first-order valence-corrected chi connectivity index (χ1v) is 23.9. The molecule has 11 nitrogen and oxygen atoms in total. The lowest BCUT2D eigenvalue weighted by molar-refractivity contribution is -0.164. The van der Waals surface area contributed by atoms with Crippen molar-refractivity contribution in [3.05, 3.63) is 59.4 Å². The Morgan fingerprint density at radius 2 is 1.60 bits per heavy atom. The van der Waals surface area contributed by atoms with Crippen LogP contribution >= 0.6 is 0 Å². The van der Waals surface area contributed by atoms with E-state index < -0.39 is 36.0 Å². The van der Waals surface area contributed by atoms with Crippen LogP contribution in [0.25, 0.3) is 6.08 Å². The summed E-state index contributed by atoms with van der Waals surface area (Å²) in [6.45, 7) is 14.1. The quantitative estimate of drug-likeness (QED) is 0.0275. The molecule has 11 heteroatoms. The zero-order valence-electron chi connectivity index (χ0n) is 39.1.